The van der Waals surface area contributed by atoms with Crippen LogP contribution < -0.4 is 32.7 Å². The Morgan fingerprint density at radius 1 is 0.882 bits per heavy atom. The maximum absolute atomic E-state index is 13.7. The van der Waals surface area contributed by atoms with Gasteiger partial charge >= 0.3 is 0 Å². The third-order valence-electron chi connectivity index (χ3n) is 8.23. The van der Waals surface area contributed by atoms with E-state index in [9.17, 15) is 43.5 Å². The summed E-state index contributed by atoms with van der Waals surface area (Å²) in [6, 6.07) is 5.36. The standard InChI is InChI=1S/C34H45N7O10/c1-18(2)28(34(51)41-27(46)11-10-25(44)29(41)33(50)37-12-5-13-42)40-32(49)24(17-43)39-31(48)23(16-26(36)45)38-30(47)22(35)15-19-8-9-20-6-3-4-7-21(20)14-19/h3-4,6-9,14,18,22-24,28-29,42-43H,5,10-13,15-17,35H2,1-2H3,(H2,36,45)(H,37,50)(H,38,47)(H,39,48)(H,40,49)/t22-,23-,24-,28-,29-/m0/s1. The second-order valence-corrected chi connectivity index (χ2v) is 12.5. The average molecular weight is 712 g/mol. The van der Waals surface area contributed by atoms with Crippen LogP contribution in [0.25, 0.3) is 10.8 Å². The van der Waals surface area contributed by atoms with Crippen LogP contribution in [0.15, 0.2) is 42.5 Å². The van der Waals surface area contributed by atoms with E-state index in [1.54, 1.807) is 6.07 Å². The van der Waals surface area contributed by atoms with Crippen LogP contribution in [0.3, 0.4) is 0 Å². The number of hydrogen-bond acceptors (Lipinski definition) is 11. The molecule has 2 aromatic rings. The van der Waals surface area contributed by atoms with Gasteiger partial charge in [-0.05, 0) is 35.1 Å². The van der Waals surface area contributed by atoms with Crippen LogP contribution in [0.4, 0.5) is 0 Å². The summed E-state index contributed by atoms with van der Waals surface area (Å²) in [5.41, 5.74) is 12.2. The molecule has 10 N–H and O–H groups in total. The molecule has 5 atom stereocenters. The molecule has 0 saturated carbocycles. The van der Waals surface area contributed by atoms with Gasteiger partial charge in [0.05, 0.1) is 19.1 Å². The zero-order chi connectivity index (χ0) is 37.8. The van der Waals surface area contributed by atoms with Crippen LogP contribution in [0.1, 0.15) is 45.1 Å². The number of nitrogens with zero attached hydrogens (tertiary/aromatic N) is 1. The van der Waals surface area contributed by atoms with Crippen molar-refractivity contribution in [3.8, 4) is 0 Å². The van der Waals surface area contributed by atoms with Crippen molar-refractivity contribution in [2.75, 3.05) is 19.8 Å². The Kier molecular flexibility index (Phi) is 14.7. The number of carbonyl (C=O) groups is 8. The Balaban J connectivity index is 1.71. The lowest BCUT2D eigenvalue weighted by molar-refractivity contribution is -0.161. The summed E-state index contributed by atoms with van der Waals surface area (Å²) in [4.78, 5) is 104. The first kappa shape index (κ1) is 40.2. The van der Waals surface area contributed by atoms with Crippen molar-refractivity contribution >= 4 is 57.9 Å². The van der Waals surface area contributed by atoms with Crippen molar-refractivity contribution in [1.82, 2.24) is 26.2 Å². The van der Waals surface area contributed by atoms with Crippen molar-refractivity contribution in [2.45, 2.75) is 76.2 Å². The number of benzene rings is 2. The van der Waals surface area contributed by atoms with Crippen molar-refractivity contribution in [3.05, 3.63) is 48.0 Å². The molecule has 3 rings (SSSR count). The molecule has 276 valence electrons. The quantitative estimate of drug-likeness (QED) is 0.0616. The molecule has 1 aliphatic heterocycles. The minimum atomic E-state index is -1.80. The van der Waals surface area contributed by atoms with Gasteiger partial charge < -0.3 is 42.9 Å². The van der Waals surface area contributed by atoms with E-state index in [2.05, 4.69) is 21.3 Å². The van der Waals surface area contributed by atoms with E-state index in [4.69, 9.17) is 16.6 Å². The summed E-state index contributed by atoms with van der Waals surface area (Å²) >= 11 is 0. The maximum Gasteiger partial charge on any atom is 0.253 e. The normalized spacial score (nSPS) is 16.9. The number of hydrogen-bond donors (Lipinski definition) is 8. The fourth-order valence-electron chi connectivity index (χ4n) is 5.46. The molecule has 1 saturated heterocycles. The lowest BCUT2D eigenvalue weighted by Crippen LogP contribution is -2.64. The van der Waals surface area contributed by atoms with E-state index in [1.165, 1.54) is 13.8 Å². The minimum Gasteiger partial charge on any atom is -0.396 e. The highest BCUT2D eigenvalue weighted by atomic mass is 16.3. The van der Waals surface area contributed by atoms with E-state index < -0.39 is 96.3 Å². The molecule has 1 fully saturated rings. The minimum absolute atomic E-state index is 0.0227. The Morgan fingerprint density at radius 2 is 1.53 bits per heavy atom. The predicted octanol–water partition coefficient (Wildman–Crippen LogP) is -2.73. The number of ketones is 1. The SMILES string of the molecule is CC(C)[C@H](NC(=O)[C@H](CO)NC(=O)[C@H](CC(N)=O)NC(=O)[C@@H](N)Cc1ccc2ccccc2c1)C(=O)N1C(=O)CCC(=O)[C@H]1C(=O)NCCCO. The van der Waals surface area contributed by atoms with Gasteiger partial charge in [-0.15, -0.1) is 0 Å². The van der Waals surface area contributed by atoms with Gasteiger partial charge in [0, 0.05) is 26.0 Å². The fourth-order valence-corrected chi connectivity index (χ4v) is 5.46. The van der Waals surface area contributed by atoms with Crippen LogP contribution >= 0.6 is 0 Å². The number of Topliss-reactive ketones (excluding diaryl/α,β-unsaturated/α-hetero) is 1. The van der Waals surface area contributed by atoms with Crippen molar-refractivity contribution in [2.24, 2.45) is 17.4 Å². The van der Waals surface area contributed by atoms with Gasteiger partial charge in [0.2, 0.25) is 29.5 Å². The fraction of sp³-hybridized carbons (Fsp3) is 0.471. The molecule has 51 heavy (non-hydrogen) atoms. The molecule has 7 amide bonds. The number of piperidine rings is 1. The third kappa shape index (κ3) is 10.9. The number of primary amides is 1. The third-order valence-corrected chi connectivity index (χ3v) is 8.23. The summed E-state index contributed by atoms with van der Waals surface area (Å²) in [5, 5.41) is 30.3. The lowest BCUT2D eigenvalue weighted by Gasteiger charge is -2.35. The number of rotatable bonds is 17. The van der Waals surface area contributed by atoms with Gasteiger partial charge in [-0.3, -0.25) is 43.3 Å². The van der Waals surface area contributed by atoms with Gasteiger partial charge in [0.1, 0.15) is 18.1 Å². The first-order chi connectivity index (χ1) is 24.2. The highest BCUT2D eigenvalue weighted by Crippen LogP contribution is 2.20. The van der Waals surface area contributed by atoms with Crippen LogP contribution in [-0.2, 0) is 44.8 Å². The van der Waals surface area contributed by atoms with E-state index in [0.29, 0.717) is 4.90 Å². The number of likely N-dealkylation sites (tertiary alicyclic amines) is 1. The number of nitrogens with one attached hydrogen (secondary N) is 4. The molecule has 17 heteroatoms. The number of imide groups is 1. The molecule has 1 aliphatic rings. The van der Waals surface area contributed by atoms with E-state index in [-0.39, 0.29) is 38.8 Å². The zero-order valence-electron chi connectivity index (χ0n) is 28.4. The van der Waals surface area contributed by atoms with Crippen LogP contribution in [0.5, 0.6) is 0 Å². The second kappa shape index (κ2) is 18.7. The highest BCUT2D eigenvalue weighted by molar-refractivity contribution is 6.16. The van der Waals surface area contributed by atoms with Crippen molar-refractivity contribution in [1.29, 1.82) is 0 Å². The predicted molar refractivity (Wildman–Crippen MR) is 182 cm³/mol. The van der Waals surface area contributed by atoms with Crippen molar-refractivity contribution in [3.63, 3.8) is 0 Å². The van der Waals surface area contributed by atoms with Gasteiger partial charge in [0.15, 0.2) is 11.8 Å². The Morgan fingerprint density at radius 3 is 2.16 bits per heavy atom. The molecule has 2 aromatic carbocycles. The Bertz CT molecular complexity index is 1650. The number of fused-ring (bicyclic) bond motifs is 1. The first-order valence-electron chi connectivity index (χ1n) is 16.5. The Hall–Kier alpha value is -5.26. The highest BCUT2D eigenvalue weighted by Gasteiger charge is 2.46. The van der Waals surface area contributed by atoms with Crippen molar-refractivity contribution < 1.29 is 48.6 Å². The monoisotopic (exact) mass is 711 g/mol. The van der Waals surface area contributed by atoms with E-state index in [0.717, 1.165) is 16.3 Å². The average Bonchev–Trinajstić information content (AvgIpc) is 3.09. The molecule has 1 heterocycles. The molecule has 0 radical (unpaired) electrons. The first-order valence-corrected chi connectivity index (χ1v) is 16.5. The van der Waals surface area contributed by atoms with Crippen LogP contribution in [0.2, 0.25) is 0 Å². The zero-order valence-corrected chi connectivity index (χ0v) is 28.4. The van der Waals surface area contributed by atoms with Crippen LogP contribution in [0, 0.1) is 5.92 Å². The van der Waals surface area contributed by atoms with Gasteiger partial charge in [-0.1, -0.05) is 56.3 Å². The number of aliphatic hydroxyl groups excluding tert-OH is 2. The number of nitrogens with two attached hydrogens (primary N) is 2. The largest absolute Gasteiger partial charge is 0.396 e. The van der Waals surface area contributed by atoms with E-state index >= 15 is 0 Å². The number of carbonyl (C=O) groups excluding carboxylic acids is 8. The second-order valence-electron chi connectivity index (χ2n) is 12.5. The molecular formula is C34H45N7O10. The molecular weight excluding hydrogens is 666 g/mol. The Labute approximate surface area is 293 Å². The van der Waals surface area contributed by atoms with Gasteiger partial charge in [0.25, 0.3) is 11.8 Å². The summed E-state index contributed by atoms with van der Waals surface area (Å²) in [6.45, 7) is 1.76. The number of aliphatic hydroxyl groups is 2. The topological polar surface area (TPSA) is 280 Å². The van der Waals surface area contributed by atoms with Crippen LogP contribution in [-0.4, -0.2) is 112 Å². The molecule has 0 unspecified atom stereocenters. The molecule has 0 spiro atoms. The molecule has 0 aliphatic carbocycles. The van der Waals surface area contributed by atoms with Gasteiger partial charge in [-0.2, -0.15) is 0 Å². The summed E-state index contributed by atoms with van der Waals surface area (Å²) in [7, 11) is 0. The molecule has 0 aromatic heterocycles. The van der Waals surface area contributed by atoms with Gasteiger partial charge in [-0.25, -0.2) is 0 Å². The van der Waals surface area contributed by atoms with E-state index in [1.807, 2.05) is 36.4 Å². The summed E-state index contributed by atoms with van der Waals surface area (Å²) in [6.07, 6.45) is -1.06. The lowest BCUT2D eigenvalue weighted by atomic mass is 9.95. The summed E-state index contributed by atoms with van der Waals surface area (Å²) in [5.74, 6) is -8.15. The maximum atomic E-state index is 13.7. The smallest absolute Gasteiger partial charge is 0.253 e. The summed E-state index contributed by atoms with van der Waals surface area (Å²) < 4.78 is 0. The molecule has 0 bridgehead atoms. The number of amides is 7. The molecule has 17 nitrogen and oxygen atoms in total.